The van der Waals surface area contributed by atoms with Gasteiger partial charge in [0.15, 0.2) is 15.3 Å². The SMILES string of the molecule is Cc1cc2oc3c(c(=O)c2cc1C)C1(C(=O)N(Cc2ccccc2C)c2ccccc21)N(c1nnc(SCc2cccc4ccccc24)s1)C3=O. The molecule has 10 heteroatoms. The van der Waals surface area contributed by atoms with Gasteiger partial charge in [0.05, 0.1) is 23.2 Å². The fourth-order valence-corrected chi connectivity index (χ4v) is 9.34. The number of rotatable bonds is 6. The molecule has 9 rings (SSSR count). The molecule has 250 valence electrons. The standard InChI is InChI=1S/C41H30N4O4S2/c1-23-11-4-5-13-27(23)21-44-32-18-9-8-17-31(32)41(38(44)48)34-35(46)30-19-24(2)25(3)20-33(30)49-36(34)37(47)45(41)39-42-43-40(51-39)50-22-28-15-10-14-26-12-6-7-16-29(26)28/h4-20H,21-22H2,1-3H3. The van der Waals surface area contributed by atoms with Crippen molar-refractivity contribution in [1.82, 2.24) is 10.2 Å². The molecule has 0 saturated heterocycles. The Bertz CT molecular complexity index is 2660. The van der Waals surface area contributed by atoms with Crippen molar-refractivity contribution in [3.05, 3.63) is 158 Å². The zero-order chi connectivity index (χ0) is 35.0. The van der Waals surface area contributed by atoms with Gasteiger partial charge < -0.3 is 9.32 Å². The molecule has 2 amide bonds. The molecule has 1 atom stereocenters. The molecule has 0 radical (unpaired) electrons. The maximum absolute atomic E-state index is 15.3. The monoisotopic (exact) mass is 706 g/mol. The number of hydrogen-bond donors (Lipinski definition) is 0. The van der Waals surface area contributed by atoms with Gasteiger partial charge >= 0.3 is 0 Å². The number of thioether (sulfide) groups is 1. The Kier molecular flexibility index (Phi) is 7.24. The summed E-state index contributed by atoms with van der Waals surface area (Å²) >= 11 is 2.73. The Labute approximate surface area is 301 Å². The van der Waals surface area contributed by atoms with Crippen LogP contribution in [0.1, 0.15) is 49.5 Å². The van der Waals surface area contributed by atoms with Crippen molar-refractivity contribution < 1.29 is 14.0 Å². The average Bonchev–Trinajstić information content (AvgIpc) is 3.78. The molecule has 1 spiro atoms. The molecule has 0 saturated carbocycles. The van der Waals surface area contributed by atoms with E-state index in [1.54, 1.807) is 17.0 Å². The second-order valence-corrected chi connectivity index (χ2v) is 15.2. The Morgan fingerprint density at radius 1 is 0.765 bits per heavy atom. The number of carbonyl (C=O) groups excluding carboxylic acids is 2. The summed E-state index contributed by atoms with van der Waals surface area (Å²) in [6, 6.07) is 33.3. The first-order valence-corrected chi connectivity index (χ1v) is 18.4. The molecule has 0 bridgehead atoms. The summed E-state index contributed by atoms with van der Waals surface area (Å²) in [7, 11) is 0. The summed E-state index contributed by atoms with van der Waals surface area (Å²) in [5, 5.41) is 11.9. The van der Waals surface area contributed by atoms with Crippen LogP contribution in [0.15, 0.2) is 117 Å². The third kappa shape index (κ3) is 4.63. The molecule has 0 aliphatic carbocycles. The zero-order valence-electron chi connectivity index (χ0n) is 28.0. The summed E-state index contributed by atoms with van der Waals surface area (Å²) in [6.45, 7) is 6.10. The number of amides is 2. The van der Waals surface area contributed by atoms with Gasteiger partial charge in [-0.15, -0.1) is 10.2 Å². The average molecular weight is 707 g/mol. The van der Waals surface area contributed by atoms with Crippen molar-refractivity contribution in [2.75, 3.05) is 9.80 Å². The highest BCUT2D eigenvalue weighted by Crippen LogP contribution is 2.55. The summed E-state index contributed by atoms with van der Waals surface area (Å²) < 4.78 is 6.98. The lowest BCUT2D eigenvalue weighted by Gasteiger charge is -2.32. The van der Waals surface area contributed by atoms with Gasteiger partial charge in [-0.3, -0.25) is 19.3 Å². The van der Waals surface area contributed by atoms with Crippen LogP contribution in [0.3, 0.4) is 0 Å². The second kappa shape index (κ2) is 11.8. The van der Waals surface area contributed by atoms with E-state index in [0.29, 0.717) is 32.3 Å². The number of benzene rings is 5. The lowest BCUT2D eigenvalue weighted by atomic mass is 9.84. The molecule has 2 aliphatic heterocycles. The Hall–Kier alpha value is -5.58. The first-order valence-electron chi connectivity index (χ1n) is 16.6. The number of fused-ring (bicyclic) bond motifs is 6. The van der Waals surface area contributed by atoms with Crippen molar-refractivity contribution in [1.29, 1.82) is 0 Å². The van der Waals surface area contributed by atoms with Crippen LogP contribution in [-0.4, -0.2) is 22.0 Å². The van der Waals surface area contributed by atoms with Crippen LogP contribution >= 0.6 is 23.1 Å². The van der Waals surface area contributed by atoms with Gasteiger partial charge in [-0.1, -0.05) is 108 Å². The first-order chi connectivity index (χ1) is 24.8. The van der Waals surface area contributed by atoms with E-state index in [1.807, 2.05) is 87.5 Å². The lowest BCUT2D eigenvalue weighted by Crippen LogP contribution is -2.53. The molecule has 0 N–H and O–H groups in total. The number of carbonyl (C=O) groups is 2. The fourth-order valence-electron chi connectivity index (χ4n) is 7.44. The number of nitrogens with zero attached hydrogens (tertiary/aromatic N) is 4. The number of para-hydroxylation sites is 1. The normalized spacial score (nSPS) is 16.5. The molecule has 51 heavy (non-hydrogen) atoms. The molecule has 4 heterocycles. The predicted octanol–water partition coefficient (Wildman–Crippen LogP) is 8.47. The highest BCUT2D eigenvalue weighted by atomic mass is 32.2. The fraction of sp³-hybridized carbons (Fsp3) is 0.146. The summed E-state index contributed by atoms with van der Waals surface area (Å²) in [4.78, 5) is 47.9. The van der Waals surface area contributed by atoms with Gasteiger partial charge in [-0.25, -0.2) is 0 Å². The Balaban J connectivity index is 1.22. The minimum absolute atomic E-state index is 0.00754. The van der Waals surface area contributed by atoms with Gasteiger partial charge in [-0.05, 0) is 77.6 Å². The Morgan fingerprint density at radius 3 is 2.35 bits per heavy atom. The van der Waals surface area contributed by atoms with Crippen LogP contribution in [0, 0.1) is 20.8 Å². The number of anilines is 2. The van der Waals surface area contributed by atoms with E-state index in [1.165, 1.54) is 28.0 Å². The quantitative estimate of drug-likeness (QED) is 0.126. The van der Waals surface area contributed by atoms with E-state index in [2.05, 4.69) is 34.5 Å². The molecule has 1 unspecified atom stereocenters. The number of aryl methyl sites for hydroxylation is 3. The number of hydrogen-bond acceptors (Lipinski definition) is 8. The van der Waals surface area contributed by atoms with E-state index in [0.717, 1.165) is 38.6 Å². The second-order valence-electron chi connectivity index (χ2n) is 13.0. The first kappa shape index (κ1) is 31.4. The minimum Gasteiger partial charge on any atom is -0.450 e. The topological polar surface area (TPSA) is 96.6 Å². The van der Waals surface area contributed by atoms with Gasteiger partial charge in [0, 0.05) is 11.3 Å². The van der Waals surface area contributed by atoms with E-state index in [4.69, 9.17) is 4.42 Å². The maximum Gasteiger partial charge on any atom is 0.297 e. The van der Waals surface area contributed by atoms with Gasteiger partial charge in [-0.2, -0.15) is 0 Å². The van der Waals surface area contributed by atoms with Crippen LogP contribution in [0.2, 0.25) is 0 Å². The van der Waals surface area contributed by atoms with Crippen LogP contribution in [0.4, 0.5) is 10.8 Å². The van der Waals surface area contributed by atoms with Crippen molar-refractivity contribution >= 4 is 67.5 Å². The molecule has 0 fully saturated rings. The summed E-state index contributed by atoms with van der Waals surface area (Å²) in [5.41, 5.74) is 4.13. The smallest absolute Gasteiger partial charge is 0.297 e. The van der Waals surface area contributed by atoms with Crippen molar-refractivity contribution in [2.24, 2.45) is 0 Å². The maximum atomic E-state index is 15.3. The molecule has 7 aromatic rings. The minimum atomic E-state index is -1.85. The van der Waals surface area contributed by atoms with Crippen molar-refractivity contribution in [2.45, 2.75) is 42.9 Å². The molecule has 2 aliphatic rings. The van der Waals surface area contributed by atoms with Crippen LogP contribution in [-0.2, 0) is 22.6 Å². The third-order valence-electron chi connectivity index (χ3n) is 10.1. The Morgan fingerprint density at radius 2 is 1.49 bits per heavy atom. The van der Waals surface area contributed by atoms with Gasteiger partial charge in [0.2, 0.25) is 10.9 Å². The van der Waals surface area contributed by atoms with Crippen molar-refractivity contribution in [3.8, 4) is 0 Å². The van der Waals surface area contributed by atoms with Crippen LogP contribution in [0.5, 0.6) is 0 Å². The highest BCUT2D eigenvalue weighted by Gasteiger charge is 2.66. The molecule has 2 aromatic heterocycles. The molecular formula is C41H30N4O4S2. The van der Waals surface area contributed by atoms with E-state index in [9.17, 15) is 9.59 Å². The number of aromatic nitrogens is 2. The largest absolute Gasteiger partial charge is 0.450 e. The van der Waals surface area contributed by atoms with Gasteiger partial charge in [0.25, 0.3) is 11.8 Å². The van der Waals surface area contributed by atoms with Crippen LogP contribution in [0.25, 0.3) is 21.7 Å². The van der Waals surface area contributed by atoms with E-state index < -0.39 is 22.8 Å². The predicted molar refractivity (Wildman–Crippen MR) is 202 cm³/mol. The van der Waals surface area contributed by atoms with Gasteiger partial charge in [0.1, 0.15) is 5.58 Å². The molecular weight excluding hydrogens is 677 g/mol. The molecule has 8 nitrogen and oxygen atoms in total. The van der Waals surface area contributed by atoms with Crippen LogP contribution < -0.4 is 15.2 Å². The zero-order valence-corrected chi connectivity index (χ0v) is 29.6. The van der Waals surface area contributed by atoms with E-state index >= 15 is 4.79 Å². The van der Waals surface area contributed by atoms with Crippen molar-refractivity contribution in [3.63, 3.8) is 0 Å². The third-order valence-corrected chi connectivity index (χ3v) is 12.2. The lowest BCUT2D eigenvalue weighted by molar-refractivity contribution is -0.121. The van der Waals surface area contributed by atoms with E-state index in [-0.39, 0.29) is 23.0 Å². The summed E-state index contributed by atoms with van der Waals surface area (Å²) in [5.74, 6) is -0.554. The highest BCUT2D eigenvalue weighted by molar-refractivity contribution is 8.00. The summed E-state index contributed by atoms with van der Waals surface area (Å²) in [6.07, 6.45) is 0. The molecule has 5 aromatic carbocycles.